The number of fused-ring (bicyclic) bond motifs is 1. The van der Waals surface area contributed by atoms with Gasteiger partial charge in [0.15, 0.2) is 9.84 Å². The van der Waals surface area contributed by atoms with Gasteiger partial charge in [-0.05, 0) is 49.1 Å². The van der Waals surface area contributed by atoms with Crippen molar-refractivity contribution < 1.29 is 30.8 Å². The van der Waals surface area contributed by atoms with Crippen LogP contribution in [0.25, 0.3) is 5.52 Å². The number of likely N-dealkylation sites (tertiary alicyclic amines) is 1. The highest BCUT2D eigenvalue weighted by molar-refractivity contribution is 8.00. The number of hydrogen-bond acceptors (Lipinski definition) is 7. The van der Waals surface area contributed by atoms with Gasteiger partial charge in [0.25, 0.3) is 0 Å². The molecule has 2 N–H and O–H groups in total. The molecule has 4 heterocycles. The van der Waals surface area contributed by atoms with Crippen molar-refractivity contribution >= 4 is 38.8 Å². The Bertz CT molecular complexity index is 1350. The highest BCUT2D eigenvalue weighted by atomic mass is 32.2. The summed E-state index contributed by atoms with van der Waals surface area (Å²) in [6.07, 6.45) is 0.748. The Kier molecular flexibility index (Phi) is 7.06. The summed E-state index contributed by atoms with van der Waals surface area (Å²) in [6, 6.07) is 3.87. The molecule has 14 heteroatoms. The van der Waals surface area contributed by atoms with Crippen molar-refractivity contribution in [2.45, 2.75) is 47.9 Å². The van der Waals surface area contributed by atoms with Gasteiger partial charge in [-0.1, -0.05) is 12.0 Å². The molecule has 2 aromatic heterocycles. The van der Waals surface area contributed by atoms with E-state index in [1.807, 2.05) is 4.90 Å². The number of hydrogen-bond donors (Lipinski definition) is 2. The molecule has 5 rings (SSSR count). The molecule has 3 fully saturated rings. The predicted molar refractivity (Wildman–Crippen MR) is 131 cm³/mol. The molecule has 2 atom stereocenters. The third-order valence-corrected chi connectivity index (χ3v) is 9.27. The average Bonchev–Trinajstić information content (AvgIpc) is 3.60. The molecule has 2 aromatic rings. The molecule has 37 heavy (non-hydrogen) atoms. The van der Waals surface area contributed by atoms with Crippen molar-refractivity contribution in [3.63, 3.8) is 0 Å². The Balaban J connectivity index is 1.33. The van der Waals surface area contributed by atoms with Gasteiger partial charge >= 0.3 is 5.51 Å². The largest absolute Gasteiger partial charge is 0.446 e. The van der Waals surface area contributed by atoms with Crippen molar-refractivity contribution in [3.8, 4) is 11.8 Å². The van der Waals surface area contributed by atoms with Crippen LogP contribution in [0.3, 0.4) is 0 Å². The smallest absolute Gasteiger partial charge is 0.364 e. The molecule has 1 amide bonds. The number of nitrogens with zero attached hydrogens (tertiary/aromatic N) is 3. The summed E-state index contributed by atoms with van der Waals surface area (Å²) < 4.78 is 79.3. The lowest BCUT2D eigenvalue weighted by molar-refractivity contribution is -0.122. The Morgan fingerprint density at radius 2 is 1.97 bits per heavy atom. The van der Waals surface area contributed by atoms with Crippen molar-refractivity contribution in [1.29, 1.82) is 0 Å². The molecule has 2 aliphatic heterocycles. The summed E-state index contributed by atoms with van der Waals surface area (Å²) in [5.41, 5.74) is -4.49. The summed E-state index contributed by atoms with van der Waals surface area (Å²) in [7, 11) is -3.02. The average molecular weight is 560 g/mol. The molecule has 1 saturated carbocycles. The number of halogens is 4. The number of aromatic nitrogens is 2. The lowest BCUT2D eigenvalue weighted by atomic mass is 10.0. The number of alkyl halides is 4. The second-order valence-electron chi connectivity index (χ2n) is 9.51. The zero-order valence-corrected chi connectivity index (χ0v) is 21.2. The molecular formula is C23H25F4N5O3S2. The van der Waals surface area contributed by atoms with Crippen LogP contribution in [0.5, 0.6) is 0 Å². The summed E-state index contributed by atoms with van der Waals surface area (Å²) >= 11 is -0.320. The molecule has 1 aliphatic carbocycles. The second-order valence-corrected chi connectivity index (χ2v) is 12.7. The minimum absolute atomic E-state index is 0.00470. The summed E-state index contributed by atoms with van der Waals surface area (Å²) in [5, 5.41) is 10.00. The number of carbonyl (C=O) groups is 1. The van der Waals surface area contributed by atoms with Crippen LogP contribution >= 0.6 is 11.8 Å². The van der Waals surface area contributed by atoms with E-state index in [-0.39, 0.29) is 70.3 Å². The minimum Gasteiger partial charge on any atom is -0.364 e. The molecule has 2 saturated heterocycles. The van der Waals surface area contributed by atoms with E-state index >= 15 is 4.39 Å². The molecule has 0 bridgehead atoms. The molecular weight excluding hydrogens is 534 g/mol. The zero-order valence-electron chi connectivity index (χ0n) is 19.6. The number of pyridine rings is 1. The van der Waals surface area contributed by atoms with Gasteiger partial charge in [0, 0.05) is 25.0 Å². The third-order valence-electron chi connectivity index (χ3n) is 6.65. The van der Waals surface area contributed by atoms with Crippen molar-refractivity contribution in [2.24, 2.45) is 5.92 Å². The summed E-state index contributed by atoms with van der Waals surface area (Å²) in [4.78, 5) is 13.4. The van der Waals surface area contributed by atoms with Gasteiger partial charge in [0.05, 0.1) is 34.5 Å². The first-order valence-electron chi connectivity index (χ1n) is 11.9. The van der Waals surface area contributed by atoms with E-state index in [0.29, 0.717) is 18.8 Å². The van der Waals surface area contributed by atoms with Crippen molar-refractivity contribution in [3.05, 3.63) is 23.9 Å². The van der Waals surface area contributed by atoms with Crippen LogP contribution in [0.15, 0.2) is 23.1 Å². The highest BCUT2D eigenvalue weighted by Crippen LogP contribution is 2.41. The van der Waals surface area contributed by atoms with Crippen LogP contribution in [0, 0.1) is 17.8 Å². The zero-order chi connectivity index (χ0) is 26.4. The van der Waals surface area contributed by atoms with E-state index in [1.54, 1.807) is 12.1 Å². The Morgan fingerprint density at radius 1 is 1.22 bits per heavy atom. The van der Waals surface area contributed by atoms with Crippen LogP contribution in [-0.2, 0) is 14.6 Å². The lowest BCUT2D eigenvalue weighted by Crippen LogP contribution is -2.59. The van der Waals surface area contributed by atoms with Crippen molar-refractivity contribution in [2.75, 3.05) is 36.5 Å². The molecule has 0 unspecified atom stereocenters. The van der Waals surface area contributed by atoms with Crippen LogP contribution < -0.4 is 10.6 Å². The van der Waals surface area contributed by atoms with Gasteiger partial charge in [-0.3, -0.25) is 9.69 Å². The number of amides is 1. The molecule has 0 radical (unpaired) electrons. The number of carbonyl (C=O) groups excluding carboxylic acids is 1. The predicted octanol–water partition coefficient (Wildman–Crippen LogP) is 2.45. The fourth-order valence-corrected chi connectivity index (χ4v) is 6.74. The number of rotatable bonds is 6. The van der Waals surface area contributed by atoms with Gasteiger partial charge in [-0.2, -0.15) is 18.3 Å². The third kappa shape index (κ3) is 6.15. The van der Waals surface area contributed by atoms with Crippen LogP contribution in [0.2, 0.25) is 0 Å². The number of nitrogens with one attached hydrogen (secondary N) is 2. The monoisotopic (exact) mass is 559 g/mol. The van der Waals surface area contributed by atoms with Crippen LogP contribution in [0.4, 0.5) is 23.4 Å². The van der Waals surface area contributed by atoms with Gasteiger partial charge in [-0.15, -0.1) is 0 Å². The SMILES string of the molecule is O=C(NCC#Cc1nn2c(N[C@@H]3CCN(C4CS(=O)(=O)C4)C[C@@H]3F)cccc2c1SC(F)(F)F)C1CC1. The van der Waals surface area contributed by atoms with E-state index in [2.05, 4.69) is 27.6 Å². The lowest BCUT2D eigenvalue weighted by Gasteiger charge is -2.42. The van der Waals surface area contributed by atoms with E-state index < -0.39 is 27.6 Å². The number of thioether (sulfide) groups is 1. The van der Waals surface area contributed by atoms with Gasteiger partial charge in [0.2, 0.25) is 5.91 Å². The van der Waals surface area contributed by atoms with E-state index in [0.717, 1.165) is 12.8 Å². The topological polar surface area (TPSA) is 95.8 Å². The number of piperidine rings is 1. The maximum atomic E-state index is 15.0. The van der Waals surface area contributed by atoms with Gasteiger partial charge < -0.3 is 10.6 Å². The van der Waals surface area contributed by atoms with Gasteiger partial charge in [0.1, 0.15) is 17.7 Å². The normalized spacial score (nSPS) is 24.2. The number of anilines is 1. The fraction of sp³-hybridized carbons (Fsp3) is 0.565. The summed E-state index contributed by atoms with van der Waals surface area (Å²) in [6.45, 7) is 0.575. The first-order valence-corrected chi connectivity index (χ1v) is 14.5. The maximum Gasteiger partial charge on any atom is 0.446 e. The Hall–Kier alpha value is -2.50. The first-order chi connectivity index (χ1) is 17.5. The number of sulfone groups is 1. The first kappa shape index (κ1) is 26.1. The standard InChI is InChI=1S/C23H25F4N5O3S2/c24-16-11-31(15-12-37(34,35)13-15)10-8-17(16)29-20-5-1-4-19-21(36-23(25,26)27)18(30-32(19)20)3-2-9-28-22(33)14-6-7-14/h1,4-5,14-17,29H,6-13H2,(H,28,33)/t16-,17+/m0/s1. The van der Waals surface area contributed by atoms with Crippen LogP contribution in [-0.4, -0.2) is 83.7 Å². The minimum atomic E-state index is -4.57. The molecule has 0 spiro atoms. The molecule has 8 nitrogen and oxygen atoms in total. The molecule has 3 aliphatic rings. The van der Waals surface area contributed by atoms with Crippen molar-refractivity contribution in [1.82, 2.24) is 19.8 Å². The second kappa shape index (κ2) is 9.99. The molecule has 200 valence electrons. The maximum absolute atomic E-state index is 15.0. The summed E-state index contributed by atoms with van der Waals surface area (Å²) in [5.74, 6) is 5.60. The Morgan fingerprint density at radius 3 is 2.62 bits per heavy atom. The molecule has 0 aromatic carbocycles. The Labute approximate surface area is 215 Å². The van der Waals surface area contributed by atoms with E-state index in [1.165, 1.54) is 10.6 Å². The highest BCUT2D eigenvalue weighted by Gasteiger charge is 2.41. The van der Waals surface area contributed by atoms with E-state index in [9.17, 15) is 26.4 Å². The van der Waals surface area contributed by atoms with Crippen LogP contribution in [0.1, 0.15) is 25.0 Å². The van der Waals surface area contributed by atoms with E-state index in [4.69, 9.17) is 0 Å². The quantitative estimate of drug-likeness (QED) is 0.319. The fourth-order valence-electron chi connectivity index (χ4n) is 4.56. The van der Waals surface area contributed by atoms with Gasteiger partial charge in [-0.25, -0.2) is 17.3 Å².